The number of alkyl carbamates (subject to hydrolysis) is 1. The predicted octanol–water partition coefficient (Wildman–Crippen LogP) is 5.73. The fraction of sp³-hybridized carbons (Fsp3) is 0.348. The summed E-state index contributed by atoms with van der Waals surface area (Å²) in [5, 5.41) is 4.01. The van der Waals surface area contributed by atoms with E-state index in [9.17, 15) is 4.79 Å². The first-order valence-electron chi connectivity index (χ1n) is 9.45. The zero-order valence-electron chi connectivity index (χ0n) is 16.0. The summed E-state index contributed by atoms with van der Waals surface area (Å²) in [5.74, 6) is 1.77. The lowest BCUT2D eigenvalue weighted by Gasteiger charge is -2.19. The standard InChI is InChI=1S/C23H25NO3/c1-23(2,3)27-22(25)24-14-16-12-19(16)17-9-5-6-10-18(17)21-13-15-8-4-7-11-20(15)26-21/h4-11,13,16,19H,12,14H2,1-3H3,(H,24,25)/t16-,19+/m0/s1. The summed E-state index contributed by atoms with van der Waals surface area (Å²) in [6, 6.07) is 18.6. The number of carbonyl (C=O) groups excluding carboxylic acids is 1. The average molecular weight is 363 g/mol. The highest BCUT2D eigenvalue weighted by molar-refractivity contribution is 5.83. The molecular formula is C23H25NO3. The molecule has 4 heteroatoms. The number of hydrogen-bond donors (Lipinski definition) is 1. The number of para-hydroxylation sites is 1. The van der Waals surface area contributed by atoms with Crippen molar-refractivity contribution in [2.24, 2.45) is 5.92 Å². The molecule has 4 rings (SSSR count). The van der Waals surface area contributed by atoms with Gasteiger partial charge in [0.05, 0.1) is 0 Å². The summed E-state index contributed by atoms with van der Waals surface area (Å²) in [6.45, 7) is 6.25. The Labute approximate surface area is 159 Å². The van der Waals surface area contributed by atoms with Gasteiger partial charge in [-0.25, -0.2) is 4.79 Å². The van der Waals surface area contributed by atoms with Gasteiger partial charge < -0.3 is 14.5 Å². The Morgan fingerprint density at radius 1 is 1.15 bits per heavy atom. The third kappa shape index (κ3) is 4.00. The van der Waals surface area contributed by atoms with E-state index in [4.69, 9.17) is 9.15 Å². The van der Waals surface area contributed by atoms with Gasteiger partial charge in [0, 0.05) is 17.5 Å². The van der Waals surface area contributed by atoms with Crippen LogP contribution in [0.5, 0.6) is 0 Å². The minimum absolute atomic E-state index is 0.348. The first kappa shape index (κ1) is 17.7. The molecule has 27 heavy (non-hydrogen) atoms. The van der Waals surface area contributed by atoms with Crippen LogP contribution in [0.15, 0.2) is 59.0 Å². The smallest absolute Gasteiger partial charge is 0.407 e. The fourth-order valence-corrected chi connectivity index (χ4v) is 3.54. The van der Waals surface area contributed by atoms with Crippen LogP contribution in [0.2, 0.25) is 0 Å². The van der Waals surface area contributed by atoms with Gasteiger partial charge in [-0.3, -0.25) is 0 Å². The summed E-state index contributed by atoms with van der Waals surface area (Å²) >= 11 is 0. The molecule has 1 saturated carbocycles. The minimum atomic E-state index is -0.471. The van der Waals surface area contributed by atoms with E-state index in [-0.39, 0.29) is 6.09 Å². The Morgan fingerprint density at radius 3 is 2.67 bits per heavy atom. The van der Waals surface area contributed by atoms with Crippen molar-refractivity contribution in [3.63, 3.8) is 0 Å². The van der Waals surface area contributed by atoms with Gasteiger partial charge in [-0.05, 0) is 56.7 Å². The number of rotatable bonds is 4. The van der Waals surface area contributed by atoms with E-state index in [2.05, 4.69) is 35.6 Å². The molecule has 0 radical (unpaired) electrons. The number of fused-ring (bicyclic) bond motifs is 1. The minimum Gasteiger partial charge on any atom is -0.456 e. The summed E-state index contributed by atoms with van der Waals surface area (Å²) < 4.78 is 11.4. The van der Waals surface area contributed by atoms with Crippen LogP contribution in [0.1, 0.15) is 38.7 Å². The van der Waals surface area contributed by atoms with E-state index in [0.717, 1.165) is 28.7 Å². The van der Waals surface area contributed by atoms with Crippen molar-refractivity contribution in [1.82, 2.24) is 5.32 Å². The zero-order valence-corrected chi connectivity index (χ0v) is 16.0. The van der Waals surface area contributed by atoms with Crippen LogP contribution in [0, 0.1) is 5.92 Å². The topological polar surface area (TPSA) is 51.5 Å². The van der Waals surface area contributed by atoms with Crippen molar-refractivity contribution >= 4 is 17.1 Å². The second-order valence-electron chi connectivity index (χ2n) is 8.22. The van der Waals surface area contributed by atoms with Crippen molar-refractivity contribution in [2.45, 2.75) is 38.7 Å². The molecule has 1 heterocycles. The van der Waals surface area contributed by atoms with Crippen LogP contribution in [-0.2, 0) is 4.74 Å². The number of carbonyl (C=O) groups is 1. The van der Waals surface area contributed by atoms with Crippen molar-refractivity contribution in [3.05, 3.63) is 60.2 Å². The highest BCUT2D eigenvalue weighted by Crippen LogP contribution is 2.50. The molecule has 0 saturated heterocycles. The Hall–Kier alpha value is -2.75. The lowest BCUT2D eigenvalue weighted by Crippen LogP contribution is -2.33. The van der Waals surface area contributed by atoms with Crippen molar-refractivity contribution in [1.29, 1.82) is 0 Å². The van der Waals surface area contributed by atoms with Gasteiger partial charge >= 0.3 is 6.09 Å². The molecule has 0 spiro atoms. The summed E-state index contributed by atoms with van der Waals surface area (Å²) in [6.07, 6.45) is 0.714. The monoisotopic (exact) mass is 363 g/mol. The number of hydrogen-bond acceptors (Lipinski definition) is 3. The molecule has 1 aromatic heterocycles. The fourth-order valence-electron chi connectivity index (χ4n) is 3.54. The zero-order chi connectivity index (χ0) is 19.0. The van der Waals surface area contributed by atoms with Crippen LogP contribution in [0.3, 0.4) is 0 Å². The van der Waals surface area contributed by atoms with Crippen LogP contribution in [0.25, 0.3) is 22.3 Å². The molecule has 1 fully saturated rings. The molecule has 2 aromatic carbocycles. The molecule has 1 aliphatic rings. The maximum Gasteiger partial charge on any atom is 0.407 e. The van der Waals surface area contributed by atoms with E-state index in [0.29, 0.717) is 18.4 Å². The third-order valence-corrected chi connectivity index (χ3v) is 4.88. The van der Waals surface area contributed by atoms with Gasteiger partial charge in [-0.15, -0.1) is 0 Å². The summed E-state index contributed by atoms with van der Waals surface area (Å²) in [4.78, 5) is 11.9. The van der Waals surface area contributed by atoms with Gasteiger partial charge in [0.25, 0.3) is 0 Å². The number of benzene rings is 2. The molecule has 0 bridgehead atoms. The van der Waals surface area contributed by atoms with E-state index < -0.39 is 5.60 Å². The normalized spacial score (nSPS) is 19.1. The highest BCUT2D eigenvalue weighted by Gasteiger charge is 2.40. The number of furan rings is 1. The molecule has 2 atom stereocenters. The van der Waals surface area contributed by atoms with Crippen LogP contribution >= 0.6 is 0 Å². The van der Waals surface area contributed by atoms with Gasteiger partial charge in [0.1, 0.15) is 16.9 Å². The van der Waals surface area contributed by atoms with Crippen molar-refractivity contribution in [2.75, 3.05) is 6.54 Å². The number of ether oxygens (including phenoxy) is 1. The first-order chi connectivity index (χ1) is 12.9. The summed E-state index contributed by atoms with van der Waals surface area (Å²) in [7, 11) is 0. The highest BCUT2D eigenvalue weighted by atomic mass is 16.6. The van der Waals surface area contributed by atoms with E-state index >= 15 is 0 Å². The predicted molar refractivity (Wildman–Crippen MR) is 107 cm³/mol. The Bertz CT molecular complexity index is 934. The Morgan fingerprint density at radius 2 is 1.89 bits per heavy atom. The number of nitrogens with one attached hydrogen (secondary N) is 1. The molecule has 0 aliphatic heterocycles. The van der Waals surface area contributed by atoms with Gasteiger partial charge in [-0.2, -0.15) is 0 Å². The maximum atomic E-state index is 11.9. The summed E-state index contributed by atoms with van der Waals surface area (Å²) in [5.41, 5.74) is 2.85. The van der Waals surface area contributed by atoms with E-state index in [1.807, 2.05) is 45.0 Å². The van der Waals surface area contributed by atoms with Crippen LogP contribution in [0.4, 0.5) is 4.79 Å². The Balaban J connectivity index is 1.47. The molecule has 3 aromatic rings. The van der Waals surface area contributed by atoms with Gasteiger partial charge in [0.2, 0.25) is 0 Å². The SMILES string of the molecule is CC(C)(C)OC(=O)NC[C@@H]1C[C@H]1c1ccccc1-c1cc2ccccc2o1. The maximum absolute atomic E-state index is 11.9. The van der Waals surface area contributed by atoms with E-state index in [1.54, 1.807) is 0 Å². The van der Waals surface area contributed by atoms with E-state index in [1.165, 1.54) is 5.56 Å². The lowest BCUT2D eigenvalue weighted by atomic mass is 10.00. The molecule has 140 valence electrons. The lowest BCUT2D eigenvalue weighted by molar-refractivity contribution is 0.0525. The molecule has 1 aliphatic carbocycles. The molecule has 4 nitrogen and oxygen atoms in total. The molecule has 0 unspecified atom stereocenters. The quantitative estimate of drug-likeness (QED) is 0.644. The van der Waals surface area contributed by atoms with Crippen LogP contribution < -0.4 is 5.32 Å². The van der Waals surface area contributed by atoms with Gasteiger partial charge in [0.15, 0.2) is 0 Å². The molecular weight excluding hydrogens is 338 g/mol. The third-order valence-electron chi connectivity index (χ3n) is 4.88. The second kappa shape index (κ2) is 6.76. The second-order valence-corrected chi connectivity index (χ2v) is 8.22. The molecule has 1 amide bonds. The van der Waals surface area contributed by atoms with Crippen molar-refractivity contribution < 1.29 is 13.9 Å². The average Bonchev–Trinajstić information content (AvgIpc) is 3.26. The van der Waals surface area contributed by atoms with Crippen LogP contribution in [-0.4, -0.2) is 18.2 Å². The molecule has 1 N–H and O–H groups in total. The largest absolute Gasteiger partial charge is 0.456 e. The Kier molecular flexibility index (Phi) is 4.42. The van der Waals surface area contributed by atoms with Crippen molar-refractivity contribution in [3.8, 4) is 11.3 Å². The van der Waals surface area contributed by atoms with Gasteiger partial charge in [-0.1, -0.05) is 42.5 Å². The number of amides is 1. The first-order valence-corrected chi connectivity index (χ1v) is 9.45.